The summed E-state index contributed by atoms with van der Waals surface area (Å²) in [7, 11) is -0.753. The molecule has 1 aromatic carbocycles. The van der Waals surface area contributed by atoms with Crippen LogP contribution in [0.15, 0.2) is 17.6 Å². The molecule has 136 valence electrons. The zero-order valence-corrected chi connectivity index (χ0v) is 15.8. The van der Waals surface area contributed by atoms with Gasteiger partial charge in [0.1, 0.15) is 0 Å². The maximum atomic E-state index is 14.2. The van der Waals surface area contributed by atoms with E-state index in [1.54, 1.807) is 0 Å². The van der Waals surface area contributed by atoms with E-state index in [0.717, 1.165) is 11.8 Å². The van der Waals surface area contributed by atoms with Crippen LogP contribution in [0.5, 0.6) is 0 Å². The highest BCUT2D eigenvalue weighted by Crippen LogP contribution is 2.39. The highest BCUT2D eigenvalue weighted by Gasteiger charge is 2.52. The van der Waals surface area contributed by atoms with E-state index in [1.807, 2.05) is 27.7 Å². The number of carbonyl (C=O) groups excluding carboxylic acids is 1. The molecule has 0 bridgehead atoms. The highest BCUT2D eigenvalue weighted by atomic mass is 32.2. The van der Waals surface area contributed by atoms with Gasteiger partial charge < -0.3 is 15.0 Å². The van der Waals surface area contributed by atoms with Crippen molar-refractivity contribution in [2.75, 3.05) is 11.5 Å². The molecule has 0 unspecified atom stereocenters. The average Bonchev–Trinajstić information content (AvgIpc) is 2.71. The van der Waals surface area contributed by atoms with Gasteiger partial charge in [-0.3, -0.25) is 4.79 Å². The standard InChI is InChI=1S/C17H22BF2NO3S/c1-10(22)25-9-12(18-23-16(2,3)17(4,5)24-18)8-11-6-7-13(21)15(20)14(11)19/h6-8H,9,21H2,1-5H3. The van der Waals surface area contributed by atoms with Gasteiger partial charge >= 0.3 is 7.12 Å². The Morgan fingerprint density at radius 2 is 1.76 bits per heavy atom. The SMILES string of the molecule is CC(=O)SCC(=Cc1ccc(N)c(F)c1F)B1OC(C)(C)C(C)(C)O1. The van der Waals surface area contributed by atoms with Gasteiger partial charge in [0.2, 0.25) is 0 Å². The van der Waals surface area contributed by atoms with E-state index in [0.29, 0.717) is 5.47 Å². The van der Waals surface area contributed by atoms with Crippen molar-refractivity contribution in [1.29, 1.82) is 0 Å². The summed E-state index contributed by atoms with van der Waals surface area (Å²) in [6, 6.07) is 2.68. The molecule has 1 aromatic rings. The number of anilines is 1. The second-order valence-electron chi connectivity index (χ2n) is 6.96. The quantitative estimate of drug-likeness (QED) is 0.646. The summed E-state index contributed by atoms with van der Waals surface area (Å²) in [6.45, 7) is 9.02. The smallest absolute Gasteiger partial charge is 0.400 e. The Hall–Kier alpha value is -1.38. The number of hydrogen-bond acceptors (Lipinski definition) is 5. The molecule has 0 amide bonds. The molecule has 8 heteroatoms. The van der Waals surface area contributed by atoms with Crippen molar-refractivity contribution in [3.8, 4) is 0 Å². The maximum Gasteiger partial charge on any atom is 0.491 e. The third-order valence-electron chi connectivity index (χ3n) is 4.48. The van der Waals surface area contributed by atoms with Crippen LogP contribution < -0.4 is 5.73 Å². The molecule has 1 aliphatic heterocycles. The lowest BCUT2D eigenvalue weighted by molar-refractivity contribution is -0.109. The Balaban J connectivity index is 2.40. The summed E-state index contributed by atoms with van der Waals surface area (Å²) >= 11 is 1.05. The van der Waals surface area contributed by atoms with Crippen LogP contribution in [0.2, 0.25) is 0 Å². The van der Waals surface area contributed by atoms with Crippen LogP contribution in [0.3, 0.4) is 0 Å². The first-order valence-corrected chi connectivity index (χ1v) is 8.86. The van der Waals surface area contributed by atoms with Crippen LogP contribution in [-0.4, -0.2) is 29.2 Å². The summed E-state index contributed by atoms with van der Waals surface area (Å²) in [5.74, 6) is -1.89. The van der Waals surface area contributed by atoms with Gasteiger partial charge in [0.15, 0.2) is 16.7 Å². The molecule has 0 radical (unpaired) electrons. The van der Waals surface area contributed by atoms with E-state index in [2.05, 4.69) is 0 Å². The molecule has 1 fully saturated rings. The topological polar surface area (TPSA) is 61.6 Å². The van der Waals surface area contributed by atoms with E-state index < -0.39 is 30.0 Å². The number of thioether (sulfide) groups is 1. The van der Waals surface area contributed by atoms with Crippen molar-refractivity contribution in [2.45, 2.75) is 45.8 Å². The second kappa shape index (κ2) is 7.09. The summed E-state index contributed by atoms with van der Waals surface area (Å²) in [6.07, 6.45) is 1.45. The summed E-state index contributed by atoms with van der Waals surface area (Å²) < 4.78 is 39.8. The zero-order chi connectivity index (χ0) is 19.0. The van der Waals surface area contributed by atoms with E-state index in [1.165, 1.54) is 25.1 Å². The number of nitrogen functional groups attached to an aromatic ring is 1. The van der Waals surface area contributed by atoms with Gasteiger partial charge in [-0.15, -0.1) is 0 Å². The van der Waals surface area contributed by atoms with Crippen molar-refractivity contribution < 1.29 is 22.9 Å². The van der Waals surface area contributed by atoms with Crippen LogP contribution in [0, 0.1) is 11.6 Å². The minimum atomic E-state index is -1.10. The van der Waals surface area contributed by atoms with Crippen LogP contribution in [0.25, 0.3) is 6.08 Å². The van der Waals surface area contributed by atoms with E-state index in [9.17, 15) is 13.6 Å². The monoisotopic (exact) mass is 369 g/mol. The molecule has 0 aliphatic carbocycles. The number of carbonyl (C=O) groups is 1. The Bertz CT molecular complexity index is 706. The lowest BCUT2D eigenvalue weighted by Crippen LogP contribution is -2.41. The Kier molecular flexibility index (Phi) is 5.66. The number of rotatable bonds is 4. The van der Waals surface area contributed by atoms with Crippen LogP contribution in [-0.2, 0) is 14.1 Å². The summed E-state index contributed by atoms with van der Waals surface area (Å²) in [5, 5.41) is -0.0913. The first-order valence-electron chi connectivity index (χ1n) is 7.87. The molecule has 0 atom stereocenters. The Morgan fingerprint density at radius 3 is 2.28 bits per heavy atom. The van der Waals surface area contributed by atoms with Crippen molar-refractivity contribution in [2.24, 2.45) is 0 Å². The predicted octanol–water partition coefficient (Wildman–Crippen LogP) is 3.84. The number of nitrogens with two attached hydrogens (primary N) is 1. The van der Waals surface area contributed by atoms with Gasteiger partial charge in [0.25, 0.3) is 0 Å². The Labute approximate surface area is 151 Å². The fourth-order valence-corrected chi connectivity index (χ4v) is 2.84. The highest BCUT2D eigenvalue weighted by molar-refractivity contribution is 8.13. The van der Waals surface area contributed by atoms with Crippen molar-refractivity contribution >= 4 is 35.8 Å². The maximum absolute atomic E-state index is 14.2. The molecule has 1 heterocycles. The normalized spacial score (nSPS) is 19.3. The average molecular weight is 369 g/mol. The van der Waals surface area contributed by atoms with Crippen LogP contribution in [0.4, 0.5) is 14.5 Å². The molecular weight excluding hydrogens is 347 g/mol. The molecule has 1 saturated heterocycles. The molecule has 2 rings (SSSR count). The van der Waals surface area contributed by atoms with Crippen LogP contribution in [0.1, 0.15) is 40.2 Å². The number of hydrogen-bond donors (Lipinski definition) is 1. The van der Waals surface area contributed by atoms with Crippen molar-refractivity contribution in [3.63, 3.8) is 0 Å². The fourth-order valence-electron chi connectivity index (χ4n) is 2.25. The molecule has 0 spiro atoms. The minimum Gasteiger partial charge on any atom is -0.400 e. The largest absolute Gasteiger partial charge is 0.491 e. The van der Waals surface area contributed by atoms with Crippen molar-refractivity contribution in [3.05, 3.63) is 34.8 Å². The summed E-state index contributed by atoms with van der Waals surface area (Å²) in [4.78, 5) is 11.3. The fraction of sp³-hybridized carbons (Fsp3) is 0.471. The number of halogens is 2. The van der Waals surface area contributed by atoms with Crippen molar-refractivity contribution in [1.82, 2.24) is 0 Å². The molecule has 25 heavy (non-hydrogen) atoms. The van der Waals surface area contributed by atoms with E-state index in [-0.39, 0.29) is 22.1 Å². The molecule has 4 nitrogen and oxygen atoms in total. The molecule has 2 N–H and O–H groups in total. The van der Waals surface area contributed by atoms with Gasteiger partial charge in [-0.1, -0.05) is 17.8 Å². The van der Waals surface area contributed by atoms with Crippen LogP contribution >= 0.6 is 11.8 Å². The lowest BCUT2D eigenvalue weighted by Gasteiger charge is -2.32. The van der Waals surface area contributed by atoms with Gasteiger partial charge in [-0.25, -0.2) is 8.78 Å². The minimum absolute atomic E-state index is 0.0283. The van der Waals surface area contributed by atoms with Gasteiger partial charge in [-0.2, -0.15) is 0 Å². The third-order valence-corrected chi connectivity index (χ3v) is 5.37. The van der Waals surface area contributed by atoms with E-state index >= 15 is 0 Å². The first kappa shape index (κ1) is 19.9. The van der Waals surface area contributed by atoms with Gasteiger partial charge in [-0.05, 0) is 45.3 Å². The molecule has 1 aliphatic rings. The molecule has 0 saturated carbocycles. The Morgan fingerprint density at radius 1 is 1.20 bits per heavy atom. The first-order chi connectivity index (χ1) is 11.4. The summed E-state index contributed by atoms with van der Waals surface area (Å²) in [5.41, 5.74) is 4.53. The third kappa shape index (κ3) is 4.24. The molecule has 0 aromatic heterocycles. The lowest BCUT2D eigenvalue weighted by atomic mass is 9.78. The predicted molar refractivity (Wildman–Crippen MR) is 98.0 cm³/mol. The molecular formula is C17H22BF2NO3S. The zero-order valence-electron chi connectivity index (χ0n) is 15.0. The van der Waals surface area contributed by atoms with E-state index in [4.69, 9.17) is 15.0 Å². The second-order valence-corrected chi connectivity index (χ2v) is 8.11. The van der Waals surface area contributed by atoms with Gasteiger partial charge in [0, 0.05) is 18.2 Å². The number of benzene rings is 1. The van der Waals surface area contributed by atoms with Gasteiger partial charge in [0.05, 0.1) is 16.9 Å².